The summed E-state index contributed by atoms with van der Waals surface area (Å²) in [5.41, 5.74) is 1.73. The normalized spacial score (nSPS) is 11.7. The highest BCUT2D eigenvalue weighted by Crippen LogP contribution is 2.34. The summed E-state index contributed by atoms with van der Waals surface area (Å²) in [5, 5.41) is 31.7. The van der Waals surface area contributed by atoms with Crippen LogP contribution >= 0.6 is 0 Å². The third kappa shape index (κ3) is 5.48. The number of hydrogen-bond donors (Lipinski definition) is 3. The van der Waals surface area contributed by atoms with Crippen molar-refractivity contribution < 1.29 is 34.5 Å². The molecule has 0 unspecified atom stereocenters. The molecule has 0 aliphatic heterocycles. The van der Waals surface area contributed by atoms with Crippen molar-refractivity contribution in [2.75, 3.05) is 25.2 Å². The Kier molecular flexibility index (Phi) is 7.69. The molecule has 2 rings (SSSR count). The zero-order valence-electron chi connectivity index (χ0n) is 18.7. The van der Waals surface area contributed by atoms with Crippen LogP contribution in [0.4, 0.5) is 10.5 Å². The van der Waals surface area contributed by atoms with E-state index in [0.717, 1.165) is 5.56 Å². The second kappa shape index (κ2) is 10.0. The fourth-order valence-corrected chi connectivity index (χ4v) is 3.16. The third-order valence-corrected chi connectivity index (χ3v) is 4.84. The molecule has 0 saturated carbocycles. The molecule has 0 fully saturated rings. The van der Waals surface area contributed by atoms with Crippen molar-refractivity contribution in [3.05, 3.63) is 53.1 Å². The Morgan fingerprint density at radius 1 is 1.12 bits per heavy atom. The second-order valence-corrected chi connectivity index (χ2v) is 8.02. The smallest absolute Gasteiger partial charge is 0.413 e. The third-order valence-electron chi connectivity index (χ3n) is 4.84. The summed E-state index contributed by atoms with van der Waals surface area (Å²) in [5.74, 6) is -1.47. The molecule has 1 amide bonds. The van der Waals surface area contributed by atoms with E-state index in [1.165, 1.54) is 30.2 Å². The number of carboxylic acid groups (broad SMARTS) is 1. The average Bonchev–Trinajstić information content (AvgIpc) is 2.74. The topological polar surface area (TPSA) is 129 Å². The molecule has 0 atom stereocenters. The highest BCUT2D eigenvalue weighted by molar-refractivity contribution is 6.02. The number of benzene rings is 2. The van der Waals surface area contributed by atoms with E-state index in [1.807, 2.05) is 33.8 Å². The Balaban J connectivity index is 2.35. The molecule has 0 aromatic heterocycles. The Bertz CT molecular complexity index is 1030. The van der Waals surface area contributed by atoms with Crippen molar-refractivity contribution >= 4 is 23.5 Å². The van der Waals surface area contributed by atoms with Crippen LogP contribution in [0.2, 0.25) is 0 Å². The van der Waals surface area contributed by atoms with Crippen LogP contribution < -0.4 is 9.64 Å². The molecule has 172 valence electrons. The van der Waals surface area contributed by atoms with Gasteiger partial charge in [-0.15, -0.1) is 0 Å². The number of oxime groups is 1. The fraction of sp³-hybridized carbons (Fsp3) is 0.348. The number of rotatable bonds is 7. The molecule has 0 aliphatic carbocycles. The molecular weight excluding hydrogens is 416 g/mol. The van der Waals surface area contributed by atoms with E-state index in [-0.39, 0.29) is 29.0 Å². The first-order valence-electron chi connectivity index (χ1n) is 9.93. The average molecular weight is 444 g/mol. The molecule has 0 spiro atoms. The summed E-state index contributed by atoms with van der Waals surface area (Å²) >= 11 is 0. The molecule has 0 bridgehead atoms. The van der Waals surface area contributed by atoms with Crippen molar-refractivity contribution in [3.63, 3.8) is 0 Å². The van der Waals surface area contributed by atoms with E-state index < -0.39 is 17.8 Å². The van der Waals surface area contributed by atoms with Crippen LogP contribution in [0, 0.1) is 0 Å². The van der Waals surface area contributed by atoms with Crippen LogP contribution in [-0.2, 0) is 10.2 Å². The van der Waals surface area contributed by atoms with Crippen LogP contribution in [0.1, 0.15) is 49.2 Å². The Morgan fingerprint density at radius 2 is 1.81 bits per heavy atom. The van der Waals surface area contributed by atoms with Crippen molar-refractivity contribution in [1.29, 1.82) is 0 Å². The van der Waals surface area contributed by atoms with Gasteiger partial charge in [0, 0.05) is 18.2 Å². The number of ether oxygens (including phenoxy) is 2. The number of hydrogen-bond acceptors (Lipinski definition) is 7. The molecule has 0 heterocycles. The summed E-state index contributed by atoms with van der Waals surface area (Å²) < 4.78 is 10.5. The van der Waals surface area contributed by atoms with Crippen LogP contribution in [0.25, 0.3) is 0 Å². The maximum absolute atomic E-state index is 12.2. The molecule has 32 heavy (non-hydrogen) atoms. The van der Waals surface area contributed by atoms with Crippen LogP contribution in [0.3, 0.4) is 0 Å². The highest BCUT2D eigenvalue weighted by atomic mass is 16.5. The maximum atomic E-state index is 12.2. The number of anilines is 1. The first-order chi connectivity index (χ1) is 15.0. The lowest BCUT2D eigenvalue weighted by molar-refractivity contribution is 0.0693. The minimum Gasteiger partial charge on any atom is -0.507 e. The van der Waals surface area contributed by atoms with Gasteiger partial charge < -0.3 is 24.9 Å². The molecule has 2 aromatic carbocycles. The summed E-state index contributed by atoms with van der Waals surface area (Å²) in [4.78, 5) is 24.7. The standard InChI is InChI=1S/C23H28N2O7/c1-6-25(22(29)31-5)19-10-7-14(11-17(19)23(2,3)4)18(24-30)13-32-15-8-9-16(21(27)28)20(26)12-15/h7-12,26,30H,6,13H2,1-5H3,(H,27,28)/b24-18+. The molecule has 9 nitrogen and oxygen atoms in total. The molecule has 3 N–H and O–H groups in total. The van der Waals surface area contributed by atoms with Crippen molar-refractivity contribution in [2.45, 2.75) is 33.1 Å². The largest absolute Gasteiger partial charge is 0.507 e. The van der Waals surface area contributed by atoms with Crippen molar-refractivity contribution in [3.8, 4) is 11.5 Å². The zero-order valence-corrected chi connectivity index (χ0v) is 18.7. The Labute approximate surface area is 186 Å². The van der Waals surface area contributed by atoms with Gasteiger partial charge in [-0.25, -0.2) is 9.59 Å². The monoisotopic (exact) mass is 444 g/mol. The van der Waals surface area contributed by atoms with Gasteiger partial charge in [-0.2, -0.15) is 0 Å². The Morgan fingerprint density at radius 3 is 2.31 bits per heavy atom. The van der Waals surface area contributed by atoms with Crippen LogP contribution in [0.5, 0.6) is 11.5 Å². The number of amides is 1. The lowest BCUT2D eigenvalue weighted by atomic mass is 9.84. The van der Waals surface area contributed by atoms with Gasteiger partial charge in [0.1, 0.15) is 29.4 Å². The van der Waals surface area contributed by atoms with E-state index in [2.05, 4.69) is 5.16 Å². The molecule has 9 heteroatoms. The number of nitrogens with zero attached hydrogens (tertiary/aromatic N) is 2. The summed E-state index contributed by atoms with van der Waals surface area (Å²) in [7, 11) is 1.32. The SMILES string of the molecule is CCN(C(=O)OC)c1ccc(/C(COc2ccc(C(=O)O)c(O)c2)=N/O)cc1C(C)(C)C. The second-order valence-electron chi connectivity index (χ2n) is 8.02. The maximum Gasteiger partial charge on any atom is 0.413 e. The summed E-state index contributed by atoms with van der Waals surface area (Å²) in [6, 6.07) is 9.09. The number of aromatic hydroxyl groups is 1. The molecular formula is C23H28N2O7. The van der Waals surface area contributed by atoms with E-state index >= 15 is 0 Å². The number of carboxylic acids is 1. The fourth-order valence-electron chi connectivity index (χ4n) is 3.16. The lowest BCUT2D eigenvalue weighted by Crippen LogP contribution is -2.33. The van der Waals surface area contributed by atoms with Gasteiger partial charge in [0.05, 0.1) is 12.8 Å². The van der Waals surface area contributed by atoms with Gasteiger partial charge in [0.25, 0.3) is 0 Å². The predicted molar refractivity (Wildman–Crippen MR) is 119 cm³/mol. The number of carbonyl (C=O) groups is 2. The summed E-state index contributed by atoms with van der Waals surface area (Å²) in [6.45, 7) is 8.12. The minimum absolute atomic E-state index is 0.139. The predicted octanol–water partition coefficient (Wildman–Crippen LogP) is 4.24. The van der Waals surface area contributed by atoms with Gasteiger partial charge in [-0.05, 0) is 42.2 Å². The van der Waals surface area contributed by atoms with Gasteiger partial charge in [0.2, 0.25) is 0 Å². The quantitative estimate of drug-likeness (QED) is 0.331. The van der Waals surface area contributed by atoms with Crippen molar-refractivity contribution in [1.82, 2.24) is 0 Å². The molecule has 2 aromatic rings. The number of phenols is 1. The van der Waals surface area contributed by atoms with E-state index in [9.17, 15) is 19.9 Å². The van der Waals surface area contributed by atoms with E-state index in [4.69, 9.17) is 14.6 Å². The van der Waals surface area contributed by atoms with E-state index in [0.29, 0.717) is 17.8 Å². The zero-order chi connectivity index (χ0) is 24.1. The van der Waals surface area contributed by atoms with E-state index in [1.54, 1.807) is 12.1 Å². The molecule has 0 saturated heterocycles. The van der Waals surface area contributed by atoms with Crippen LogP contribution in [0.15, 0.2) is 41.6 Å². The van der Waals surface area contributed by atoms with Gasteiger partial charge in [-0.3, -0.25) is 4.90 Å². The molecule has 0 radical (unpaired) electrons. The van der Waals surface area contributed by atoms with Crippen LogP contribution in [-0.4, -0.2) is 53.5 Å². The molecule has 0 aliphatic rings. The Hall–Kier alpha value is -3.75. The van der Waals surface area contributed by atoms with Gasteiger partial charge in [-0.1, -0.05) is 32.0 Å². The first kappa shape index (κ1) is 24.5. The van der Waals surface area contributed by atoms with Gasteiger partial charge in [0.15, 0.2) is 0 Å². The van der Waals surface area contributed by atoms with Gasteiger partial charge >= 0.3 is 12.1 Å². The minimum atomic E-state index is -1.26. The first-order valence-corrected chi connectivity index (χ1v) is 9.93. The number of carbonyl (C=O) groups excluding carboxylic acids is 1. The number of methoxy groups -OCH3 is 1. The highest BCUT2D eigenvalue weighted by Gasteiger charge is 2.25. The number of aromatic carboxylic acids is 1. The van der Waals surface area contributed by atoms with Crippen molar-refractivity contribution in [2.24, 2.45) is 5.16 Å². The summed E-state index contributed by atoms with van der Waals surface area (Å²) in [6.07, 6.45) is -0.477. The lowest BCUT2D eigenvalue weighted by Gasteiger charge is -2.29.